The van der Waals surface area contributed by atoms with E-state index in [1.54, 1.807) is 6.20 Å². The Balaban J connectivity index is 0.00000225. The molecule has 0 atom stereocenters. The van der Waals surface area contributed by atoms with Gasteiger partial charge in [-0.05, 0) is 44.5 Å². The standard InChI is InChI=1S/C18H24N4O2.ClH/c1-2-5-17-21-16(13-24-17)18(23)22(15-7-10-19-11-8-15)12-14-6-3-4-9-20-14;/h3-4,6,9,13,15,19H,2,5,7-8,10-12H2,1H3;1H. The minimum atomic E-state index is -0.0707. The van der Waals surface area contributed by atoms with Crippen LogP contribution in [0.15, 0.2) is 35.1 Å². The van der Waals surface area contributed by atoms with E-state index in [1.807, 2.05) is 23.1 Å². The van der Waals surface area contributed by atoms with Crippen molar-refractivity contribution in [3.05, 3.63) is 47.9 Å². The fourth-order valence-corrected chi connectivity index (χ4v) is 3.04. The van der Waals surface area contributed by atoms with Crippen molar-refractivity contribution in [3.8, 4) is 0 Å². The highest BCUT2D eigenvalue weighted by atomic mass is 35.5. The third-order valence-electron chi connectivity index (χ3n) is 4.30. The third-order valence-corrected chi connectivity index (χ3v) is 4.30. The summed E-state index contributed by atoms with van der Waals surface area (Å²) in [5, 5.41) is 3.35. The van der Waals surface area contributed by atoms with E-state index in [4.69, 9.17) is 4.42 Å². The van der Waals surface area contributed by atoms with Gasteiger partial charge in [0, 0.05) is 18.7 Å². The summed E-state index contributed by atoms with van der Waals surface area (Å²) in [7, 11) is 0. The largest absolute Gasteiger partial charge is 0.448 e. The number of hydrogen-bond acceptors (Lipinski definition) is 5. The number of rotatable bonds is 6. The zero-order valence-electron chi connectivity index (χ0n) is 14.5. The van der Waals surface area contributed by atoms with Crippen molar-refractivity contribution in [3.63, 3.8) is 0 Å². The van der Waals surface area contributed by atoms with Gasteiger partial charge in [-0.3, -0.25) is 9.78 Å². The van der Waals surface area contributed by atoms with Gasteiger partial charge < -0.3 is 14.6 Å². The molecule has 2 aromatic rings. The molecule has 0 unspecified atom stereocenters. The van der Waals surface area contributed by atoms with Crippen LogP contribution in [0.5, 0.6) is 0 Å². The Morgan fingerprint density at radius 1 is 1.36 bits per heavy atom. The maximum atomic E-state index is 13.0. The van der Waals surface area contributed by atoms with Crippen LogP contribution in [0.1, 0.15) is 48.3 Å². The Kier molecular flexibility index (Phi) is 7.40. The minimum absolute atomic E-state index is 0. The van der Waals surface area contributed by atoms with Crippen molar-refractivity contribution >= 4 is 18.3 Å². The van der Waals surface area contributed by atoms with Crippen LogP contribution in [0.25, 0.3) is 0 Å². The number of amides is 1. The molecular formula is C18H25ClN4O2. The van der Waals surface area contributed by atoms with E-state index in [2.05, 4.69) is 22.2 Å². The van der Waals surface area contributed by atoms with Crippen LogP contribution in [0.4, 0.5) is 0 Å². The van der Waals surface area contributed by atoms with Crippen molar-refractivity contribution in [1.29, 1.82) is 0 Å². The molecule has 6 nitrogen and oxygen atoms in total. The van der Waals surface area contributed by atoms with Gasteiger partial charge in [-0.25, -0.2) is 4.98 Å². The smallest absolute Gasteiger partial charge is 0.276 e. The average Bonchev–Trinajstić information content (AvgIpc) is 3.10. The summed E-state index contributed by atoms with van der Waals surface area (Å²) in [4.78, 5) is 23.7. The van der Waals surface area contributed by atoms with Crippen LogP contribution >= 0.6 is 12.4 Å². The summed E-state index contributed by atoms with van der Waals surface area (Å²) >= 11 is 0. The molecule has 0 aliphatic carbocycles. The molecule has 0 spiro atoms. The molecule has 0 saturated carbocycles. The number of piperidine rings is 1. The first-order valence-corrected chi connectivity index (χ1v) is 8.64. The number of carbonyl (C=O) groups is 1. The predicted octanol–water partition coefficient (Wildman–Crippen LogP) is 2.84. The molecule has 136 valence electrons. The Bertz CT molecular complexity index is 656. The fourth-order valence-electron chi connectivity index (χ4n) is 3.04. The number of aryl methyl sites for hydroxylation is 1. The molecule has 3 heterocycles. The molecule has 0 radical (unpaired) electrons. The van der Waals surface area contributed by atoms with Crippen LogP contribution in [-0.2, 0) is 13.0 Å². The normalized spacial score (nSPS) is 14.8. The van der Waals surface area contributed by atoms with Gasteiger partial charge in [0.2, 0.25) is 0 Å². The van der Waals surface area contributed by atoms with Crippen molar-refractivity contribution < 1.29 is 9.21 Å². The summed E-state index contributed by atoms with van der Waals surface area (Å²) in [5.74, 6) is 0.558. The maximum absolute atomic E-state index is 13.0. The maximum Gasteiger partial charge on any atom is 0.276 e. The number of nitrogens with zero attached hydrogens (tertiary/aromatic N) is 3. The van der Waals surface area contributed by atoms with Crippen LogP contribution in [0.3, 0.4) is 0 Å². The summed E-state index contributed by atoms with van der Waals surface area (Å²) in [5.41, 5.74) is 1.29. The van der Waals surface area contributed by atoms with E-state index in [9.17, 15) is 4.79 Å². The van der Waals surface area contributed by atoms with E-state index < -0.39 is 0 Å². The zero-order chi connectivity index (χ0) is 16.8. The lowest BCUT2D eigenvalue weighted by Gasteiger charge is -2.34. The third kappa shape index (κ3) is 5.03. The molecule has 1 N–H and O–H groups in total. The molecule has 1 aliphatic rings. The Hall–Kier alpha value is -1.92. The molecule has 1 aliphatic heterocycles. The van der Waals surface area contributed by atoms with Gasteiger partial charge in [0.15, 0.2) is 11.6 Å². The second-order valence-corrected chi connectivity index (χ2v) is 6.11. The number of pyridine rings is 1. The van der Waals surface area contributed by atoms with Crippen LogP contribution < -0.4 is 5.32 Å². The van der Waals surface area contributed by atoms with Crippen molar-refractivity contribution in [2.45, 2.75) is 45.2 Å². The lowest BCUT2D eigenvalue weighted by atomic mass is 10.0. The number of halogens is 1. The molecule has 25 heavy (non-hydrogen) atoms. The first-order valence-electron chi connectivity index (χ1n) is 8.64. The van der Waals surface area contributed by atoms with Crippen molar-refractivity contribution in [2.75, 3.05) is 13.1 Å². The van der Waals surface area contributed by atoms with Gasteiger partial charge in [0.1, 0.15) is 6.26 Å². The summed E-state index contributed by atoms with van der Waals surface area (Å²) in [6.07, 6.45) is 6.83. The average molecular weight is 365 g/mol. The van der Waals surface area contributed by atoms with Gasteiger partial charge in [0.25, 0.3) is 5.91 Å². The highest BCUT2D eigenvalue weighted by Crippen LogP contribution is 2.18. The van der Waals surface area contributed by atoms with Gasteiger partial charge in [-0.15, -0.1) is 12.4 Å². The molecule has 0 aromatic carbocycles. The monoisotopic (exact) mass is 364 g/mol. The number of hydrogen-bond donors (Lipinski definition) is 1. The molecule has 3 rings (SSSR count). The number of aromatic nitrogens is 2. The molecule has 1 saturated heterocycles. The van der Waals surface area contributed by atoms with E-state index in [1.165, 1.54) is 6.26 Å². The highest BCUT2D eigenvalue weighted by molar-refractivity contribution is 5.92. The van der Waals surface area contributed by atoms with Crippen molar-refractivity contribution in [2.24, 2.45) is 0 Å². The molecular weight excluding hydrogens is 340 g/mol. The van der Waals surface area contributed by atoms with Crippen LogP contribution in [0, 0.1) is 0 Å². The van der Waals surface area contributed by atoms with E-state index in [0.29, 0.717) is 18.1 Å². The van der Waals surface area contributed by atoms with Gasteiger partial charge in [-0.2, -0.15) is 0 Å². The summed E-state index contributed by atoms with van der Waals surface area (Å²) < 4.78 is 5.43. The zero-order valence-corrected chi connectivity index (χ0v) is 15.3. The predicted molar refractivity (Wildman–Crippen MR) is 97.7 cm³/mol. The number of nitrogens with one attached hydrogen (secondary N) is 1. The first kappa shape index (κ1) is 19.4. The van der Waals surface area contributed by atoms with E-state index >= 15 is 0 Å². The second kappa shape index (κ2) is 9.53. The topological polar surface area (TPSA) is 71.3 Å². The first-order chi connectivity index (χ1) is 11.8. The van der Waals surface area contributed by atoms with E-state index in [-0.39, 0.29) is 24.4 Å². The number of oxazole rings is 1. The highest BCUT2D eigenvalue weighted by Gasteiger charge is 2.28. The Labute approximate surface area is 154 Å². The fraction of sp³-hybridized carbons (Fsp3) is 0.500. The Morgan fingerprint density at radius 2 is 2.16 bits per heavy atom. The lowest BCUT2D eigenvalue weighted by molar-refractivity contribution is 0.0614. The molecule has 1 fully saturated rings. The Morgan fingerprint density at radius 3 is 2.84 bits per heavy atom. The van der Waals surface area contributed by atoms with Crippen LogP contribution in [0.2, 0.25) is 0 Å². The minimum Gasteiger partial charge on any atom is -0.448 e. The van der Waals surface area contributed by atoms with Crippen LogP contribution in [-0.4, -0.2) is 39.9 Å². The summed E-state index contributed by atoms with van der Waals surface area (Å²) in [6.45, 7) is 4.42. The second-order valence-electron chi connectivity index (χ2n) is 6.11. The van der Waals surface area contributed by atoms with Gasteiger partial charge in [0.05, 0.1) is 12.2 Å². The SMILES string of the molecule is CCCc1nc(C(=O)N(Cc2ccccn2)C2CCNCC2)co1.Cl. The molecule has 7 heteroatoms. The van der Waals surface area contributed by atoms with Crippen molar-refractivity contribution in [1.82, 2.24) is 20.2 Å². The van der Waals surface area contributed by atoms with E-state index in [0.717, 1.165) is 44.5 Å². The molecule has 0 bridgehead atoms. The number of carbonyl (C=O) groups excluding carboxylic acids is 1. The summed E-state index contributed by atoms with van der Waals surface area (Å²) in [6, 6.07) is 5.98. The van der Waals surface area contributed by atoms with Gasteiger partial charge in [-0.1, -0.05) is 13.0 Å². The molecule has 1 amide bonds. The lowest BCUT2D eigenvalue weighted by Crippen LogP contribution is -2.46. The quantitative estimate of drug-likeness (QED) is 0.853. The molecule has 2 aromatic heterocycles. The van der Waals surface area contributed by atoms with Gasteiger partial charge >= 0.3 is 0 Å².